The van der Waals surface area contributed by atoms with Crippen LogP contribution >= 0.6 is 0 Å². The summed E-state index contributed by atoms with van der Waals surface area (Å²) in [6.07, 6.45) is 3.01. The summed E-state index contributed by atoms with van der Waals surface area (Å²) in [5.74, 6) is 0.395. The molecule has 0 aliphatic carbocycles. The van der Waals surface area contributed by atoms with Crippen LogP contribution in [-0.4, -0.2) is 24.2 Å². The number of benzene rings is 2. The van der Waals surface area contributed by atoms with Crippen LogP contribution in [0, 0.1) is 19.7 Å². The lowest BCUT2D eigenvalue weighted by Gasteiger charge is -2.21. The van der Waals surface area contributed by atoms with Crippen molar-refractivity contribution in [3.8, 4) is 5.75 Å². The van der Waals surface area contributed by atoms with Gasteiger partial charge in [-0.1, -0.05) is 35.4 Å². The molecule has 0 radical (unpaired) electrons. The molecule has 28 heavy (non-hydrogen) atoms. The third kappa shape index (κ3) is 7.69. The summed E-state index contributed by atoms with van der Waals surface area (Å²) in [5.41, 5.74) is 8.08. The molecular weight excluding hydrogens is 357 g/mol. The van der Waals surface area contributed by atoms with E-state index in [2.05, 4.69) is 0 Å². The number of esters is 1. The van der Waals surface area contributed by atoms with Gasteiger partial charge in [0.05, 0.1) is 0 Å². The van der Waals surface area contributed by atoms with Gasteiger partial charge in [0.2, 0.25) is 0 Å². The van der Waals surface area contributed by atoms with Gasteiger partial charge in [-0.15, -0.1) is 0 Å². The summed E-state index contributed by atoms with van der Waals surface area (Å²) in [6.45, 7) is 5.87. The van der Waals surface area contributed by atoms with E-state index in [1.165, 1.54) is 17.7 Å². The number of hydrogen-bond donors (Lipinski definition) is 1. The standard InChI is InChI=1S/C16H23NO3.C7H7F/c1-11-6-8-13(9-7-11)20-14-4-3-5-15(17)16(18)19-12(2)10-14;1-6-2-4-7(8)5-3-6/h6-9,12,14-15H,3-5,10,17H2,1-2H3;2-5H,1H3/t12?,14?,15-;/m0./s1. The van der Waals surface area contributed by atoms with Gasteiger partial charge in [-0.25, -0.2) is 4.39 Å². The summed E-state index contributed by atoms with van der Waals surface area (Å²) in [5, 5.41) is 0. The largest absolute Gasteiger partial charge is 0.490 e. The van der Waals surface area contributed by atoms with Crippen LogP contribution in [0.3, 0.4) is 0 Å². The highest BCUT2D eigenvalue weighted by molar-refractivity contribution is 5.75. The minimum Gasteiger partial charge on any atom is -0.490 e. The zero-order chi connectivity index (χ0) is 20.5. The van der Waals surface area contributed by atoms with E-state index in [1.54, 1.807) is 12.1 Å². The average molecular weight is 387 g/mol. The molecule has 1 fully saturated rings. The molecular formula is C23H30FNO3. The van der Waals surface area contributed by atoms with Crippen LogP contribution in [0.1, 0.15) is 43.7 Å². The second-order valence-corrected chi connectivity index (χ2v) is 7.37. The molecule has 0 amide bonds. The fourth-order valence-electron chi connectivity index (χ4n) is 2.95. The topological polar surface area (TPSA) is 61.5 Å². The van der Waals surface area contributed by atoms with Crippen molar-refractivity contribution in [1.29, 1.82) is 0 Å². The summed E-state index contributed by atoms with van der Waals surface area (Å²) < 4.78 is 23.4. The van der Waals surface area contributed by atoms with Gasteiger partial charge in [-0.2, -0.15) is 0 Å². The zero-order valence-electron chi connectivity index (χ0n) is 16.9. The number of rotatable bonds is 2. The molecule has 2 unspecified atom stereocenters. The predicted molar refractivity (Wildman–Crippen MR) is 109 cm³/mol. The Kier molecular flexibility index (Phi) is 8.45. The van der Waals surface area contributed by atoms with Crippen LogP contribution in [0.25, 0.3) is 0 Å². The van der Waals surface area contributed by atoms with Gasteiger partial charge in [0.1, 0.15) is 29.8 Å². The van der Waals surface area contributed by atoms with Gasteiger partial charge in [0.25, 0.3) is 0 Å². The Balaban J connectivity index is 0.000000292. The van der Waals surface area contributed by atoms with Crippen LogP contribution in [0.2, 0.25) is 0 Å². The highest BCUT2D eigenvalue weighted by Gasteiger charge is 2.24. The van der Waals surface area contributed by atoms with Crippen LogP contribution in [0.4, 0.5) is 4.39 Å². The second kappa shape index (κ2) is 10.8. The molecule has 2 aromatic rings. The van der Waals surface area contributed by atoms with Crippen molar-refractivity contribution in [3.05, 3.63) is 65.5 Å². The molecule has 0 saturated carbocycles. The number of nitrogens with two attached hydrogens (primary N) is 1. The third-order valence-electron chi connectivity index (χ3n) is 4.59. The fourth-order valence-corrected chi connectivity index (χ4v) is 2.95. The Labute approximate surface area is 166 Å². The number of carbonyl (C=O) groups excluding carboxylic acids is 1. The number of hydrogen-bond acceptors (Lipinski definition) is 4. The van der Waals surface area contributed by atoms with Gasteiger partial charge in [0, 0.05) is 6.42 Å². The molecule has 2 aromatic carbocycles. The molecule has 1 saturated heterocycles. The SMILES string of the molecule is Cc1ccc(F)cc1.Cc1ccc(OC2CCC[C@H](N)C(=O)OC(C)C2)cc1. The smallest absolute Gasteiger partial charge is 0.323 e. The minimum atomic E-state index is -0.504. The average Bonchev–Trinajstić information content (AvgIpc) is 2.71. The second-order valence-electron chi connectivity index (χ2n) is 7.37. The molecule has 1 aliphatic heterocycles. The van der Waals surface area contributed by atoms with E-state index in [0.717, 1.165) is 24.2 Å². The van der Waals surface area contributed by atoms with Crippen molar-refractivity contribution in [2.24, 2.45) is 5.73 Å². The highest BCUT2D eigenvalue weighted by Crippen LogP contribution is 2.21. The quantitative estimate of drug-likeness (QED) is 0.758. The number of aryl methyl sites for hydroxylation is 2. The maximum Gasteiger partial charge on any atom is 0.323 e. The van der Waals surface area contributed by atoms with E-state index < -0.39 is 6.04 Å². The molecule has 3 atom stereocenters. The number of halogens is 1. The van der Waals surface area contributed by atoms with E-state index in [9.17, 15) is 9.18 Å². The molecule has 0 spiro atoms. The maximum absolute atomic E-state index is 12.1. The molecule has 1 aliphatic rings. The van der Waals surface area contributed by atoms with E-state index in [-0.39, 0.29) is 24.0 Å². The minimum absolute atomic E-state index is 0.0609. The third-order valence-corrected chi connectivity index (χ3v) is 4.59. The molecule has 5 heteroatoms. The molecule has 0 bridgehead atoms. The maximum atomic E-state index is 12.1. The fraction of sp³-hybridized carbons (Fsp3) is 0.435. The van der Waals surface area contributed by atoms with Crippen LogP contribution < -0.4 is 10.5 Å². The Morgan fingerprint density at radius 1 is 1.00 bits per heavy atom. The van der Waals surface area contributed by atoms with Crippen LogP contribution in [0.5, 0.6) is 5.75 Å². The van der Waals surface area contributed by atoms with Crippen molar-refractivity contribution in [3.63, 3.8) is 0 Å². The van der Waals surface area contributed by atoms with E-state index in [4.69, 9.17) is 15.2 Å². The first kappa shape index (κ1) is 21.9. The van der Waals surface area contributed by atoms with E-state index in [0.29, 0.717) is 12.8 Å². The van der Waals surface area contributed by atoms with Gasteiger partial charge in [-0.3, -0.25) is 4.79 Å². The predicted octanol–water partition coefficient (Wildman–Crippen LogP) is 4.71. The van der Waals surface area contributed by atoms with Crippen molar-refractivity contribution < 1.29 is 18.7 Å². The first-order valence-electron chi connectivity index (χ1n) is 9.75. The van der Waals surface area contributed by atoms with Crippen LogP contribution in [-0.2, 0) is 9.53 Å². The number of carbonyl (C=O) groups is 1. The Morgan fingerprint density at radius 3 is 2.14 bits per heavy atom. The molecule has 3 rings (SSSR count). The molecule has 0 aromatic heterocycles. The molecule has 4 nitrogen and oxygen atoms in total. The van der Waals surface area contributed by atoms with Crippen molar-refractivity contribution in [2.45, 2.75) is 64.7 Å². The summed E-state index contributed by atoms with van der Waals surface area (Å²) in [7, 11) is 0. The van der Waals surface area contributed by atoms with Gasteiger partial charge >= 0.3 is 5.97 Å². The van der Waals surface area contributed by atoms with Crippen molar-refractivity contribution in [1.82, 2.24) is 0 Å². The monoisotopic (exact) mass is 387 g/mol. The first-order valence-corrected chi connectivity index (χ1v) is 9.75. The first-order chi connectivity index (χ1) is 13.3. The van der Waals surface area contributed by atoms with Gasteiger partial charge in [-0.05, 0) is 64.3 Å². The lowest BCUT2D eigenvalue weighted by Crippen LogP contribution is -2.34. The van der Waals surface area contributed by atoms with Crippen molar-refractivity contribution in [2.75, 3.05) is 0 Å². The number of cyclic esters (lactones) is 1. The van der Waals surface area contributed by atoms with Gasteiger partial charge in [0.15, 0.2) is 0 Å². The summed E-state index contributed by atoms with van der Waals surface area (Å²) in [6, 6.07) is 13.9. The normalized spacial score (nSPS) is 22.6. The van der Waals surface area contributed by atoms with Gasteiger partial charge < -0.3 is 15.2 Å². The Morgan fingerprint density at radius 2 is 1.57 bits per heavy atom. The van der Waals surface area contributed by atoms with Crippen LogP contribution in [0.15, 0.2) is 48.5 Å². The zero-order valence-corrected chi connectivity index (χ0v) is 16.9. The van der Waals surface area contributed by atoms with E-state index >= 15 is 0 Å². The molecule has 2 N–H and O–H groups in total. The lowest BCUT2D eigenvalue weighted by molar-refractivity contribution is -0.150. The molecule has 152 valence electrons. The summed E-state index contributed by atoms with van der Waals surface area (Å²) >= 11 is 0. The summed E-state index contributed by atoms with van der Waals surface area (Å²) in [4.78, 5) is 11.6. The van der Waals surface area contributed by atoms with E-state index in [1.807, 2.05) is 45.0 Å². The Hall–Kier alpha value is -2.40. The number of ether oxygens (including phenoxy) is 2. The lowest BCUT2D eigenvalue weighted by atomic mass is 10.0. The van der Waals surface area contributed by atoms with Crippen molar-refractivity contribution >= 4 is 5.97 Å². The Bertz CT molecular complexity index is 710. The highest BCUT2D eigenvalue weighted by atomic mass is 19.1. The molecule has 1 heterocycles.